The number of rotatable bonds is 7. The predicted octanol–water partition coefficient (Wildman–Crippen LogP) is 2.23. The summed E-state index contributed by atoms with van der Waals surface area (Å²) in [6, 6.07) is 11.5. The number of carbonyl (C=O) groups excluding carboxylic acids is 2. The van der Waals surface area contributed by atoms with Gasteiger partial charge in [-0.1, -0.05) is 0 Å². The molecule has 2 aromatic carbocycles. The van der Waals surface area contributed by atoms with Gasteiger partial charge < -0.3 is 19.9 Å². The average Bonchev–Trinajstić information content (AvgIpc) is 2.79. The Kier molecular flexibility index (Phi) is 7.41. The Morgan fingerprint density at radius 1 is 1.06 bits per heavy atom. The van der Waals surface area contributed by atoms with E-state index in [1.54, 1.807) is 12.1 Å². The Morgan fingerprint density at radius 3 is 2.22 bits per heavy atom. The normalized spacial score (nSPS) is 14.3. The lowest BCUT2D eigenvalue weighted by molar-refractivity contribution is -0.116. The number of likely N-dealkylation sites (N-methyl/N-ethyl adjacent to an activating group) is 1. The van der Waals surface area contributed by atoms with Crippen LogP contribution >= 0.6 is 0 Å². The second-order valence-corrected chi connectivity index (χ2v) is 9.10. The molecular formula is C21H23F2N3O5S. The number of morpholine rings is 1. The van der Waals surface area contributed by atoms with Crippen molar-refractivity contribution in [2.45, 2.75) is 10.7 Å². The monoisotopic (exact) mass is 467 g/mol. The zero-order chi connectivity index (χ0) is 23.3. The van der Waals surface area contributed by atoms with E-state index >= 15 is 0 Å². The van der Waals surface area contributed by atoms with Gasteiger partial charge in [-0.05, 0) is 48.5 Å². The third-order valence-electron chi connectivity index (χ3n) is 4.92. The van der Waals surface area contributed by atoms with Crippen molar-refractivity contribution in [2.24, 2.45) is 0 Å². The number of alkyl halides is 2. The van der Waals surface area contributed by atoms with Crippen LogP contribution in [-0.2, 0) is 19.4 Å². The van der Waals surface area contributed by atoms with Crippen LogP contribution in [0.5, 0.6) is 0 Å². The van der Waals surface area contributed by atoms with Gasteiger partial charge in [0.15, 0.2) is 0 Å². The van der Waals surface area contributed by atoms with Crippen LogP contribution in [0.25, 0.3) is 0 Å². The summed E-state index contributed by atoms with van der Waals surface area (Å²) in [7, 11) is -3.33. The fourth-order valence-corrected chi connectivity index (χ4v) is 3.90. The van der Waals surface area contributed by atoms with E-state index in [-0.39, 0.29) is 12.1 Å². The first kappa shape index (κ1) is 23.6. The molecule has 2 aromatic rings. The van der Waals surface area contributed by atoms with Crippen LogP contribution in [0.15, 0.2) is 53.4 Å². The first-order valence-corrected chi connectivity index (χ1v) is 11.3. The summed E-state index contributed by atoms with van der Waals surface area (Å²) in [4.78, 5) is 27.5. The molecule has 1 heterocycles. The van der Waals surface area contributed by atoms with Gasteiger partial charge in [-0.15, -0.1) is 0 Å². The molecule has 1 N–H and O–H groups in total. The lowest BCUT2D eigenvalue weighted by atomic mass is 10.2. The van der Waals surface area contributed by atoms with Gasteiger partial charge in [0.25, 0.3) is 5.91 Å². The molecule has 0 aliphatic carbocycles. The third-order valence-corrected chi connectivity index (χ3v) is 6.32. The van der Waals surface area contributed by atoms with Gasteiger partial charge in [0.2, 0.25) is 15.7 Å². The molecule has 1 saturated heterocycles. The number of halogens is 2. The highest BCUT2D eigenvalue weighted by Gasteiger charge is 2.26. The number of hydrogen-bond acceptors (Lipinski definition) is 6. The number of amides is 2. The molecule has 0 spiro atoms. The summed E-state index contributed by atoms with van der Waals surface area (Å²) < 4.78 is 53.5. The summed E-state index contributed by atoms with van der Waals surface area (Å²) in [5, 5.41) is 2.71. The lowest BCUT2D eigenvalue weighted by Gasteiger charge is -2.28. The van der Waals surface area contributed by atoms with Gasteiger partial charge >= 0.3 is 5.76 Å². The highest BCUT2D eigenvalue weighted by atomic mass is 32.2. The van der Waals surface area contributed by atoms with Crippen molar-refractivity contribution in [3.05, 3.63) is 54.1 Å². The summed E-state index contributed by atoms with van der Waals surface area (Å²) in [6.45, 7) is 2.69. The molecule has 172 valence electrons. The van der Waals surface area contributed by atoms with Crippen molar-refractivity contribution in [1.82, 2.24) is 4.90 Å². The Morgan fingerprint density at radius 2 is 1.66 bits per heavy atom. The molecule has 3 rings (SSSR count). The van der Waals surface area contributed by atoms with Crippen LogP contribution in [0.2, 0.25) is 0 Å². The molecule has 1 fully saturated rings. The van der Waals surface area contributed by atoms with Gasteiger partial charge in [-0.2, -0.15) is 8.78 Å². The van der Waals surface area contributed by atoms with Crippen molar-refractivity contribution < 1.29 is 31.5 Å². The summed E-state index contributed by atoms with van der Waals surface area (Å²) >= 11 is 0. The Hall–Kier alpha value is -3.05. The maximum Gasteiger partial charge on any atom is 0.341 e. The van der Waals surface area contributed by atoms with Crippen molar-refractivity contribution in [1.29, 1.82) is 0 Å². The Bertz CT molecular complexity index is 1050. The maximum absolute atomic E-state index is 12.6. The zero-order valence-corrected chi connectivity index (χ0v) is 18.1. The van der Waals surface area contributed by atoms with E-state index in [0.29, 0.717) is 18.9 Å². The highest BCUT2D eigenvalue weighted by molar-refractivity contribution is 7.91. The molecule has 0 radical (unpaired) electrons. The number of benzene rings is 2. The summed E-state index contributed by atoms with van der Waals surface area (Å²) in [5.41, 5.74) is 1.67. The molecule has 8 nitrogen and oxygen atoms in total. The topological polar surface area (TPSA) is 96.0 Å². The van der Waals surface area contributed by atoms with Gasteiger partial charge in [0.1, 0.15) is 0 Å². The van der Waals surface area contributed by atoms with E-state index in [9.17, 15) is 26.8 Å². The van der Waals surface area contributed by atoms with E-state index in [1.165, 1.54) is 7.05 Å². The first-order valence-electron chi connectivity index (χ1n) is 9.78. The molecule has 2 amide bonds. The summed E-state index contributed by atoms with van der Waals surface area (Å²) in [5.74, 6) is -4.51. The molecule has 0 aromatic heterocycles. The Labute approximate surface area is 184 Å². The number of sulfone groups is 1. The molecule has 1 aliphatic heterocycles. The van der Waals surface area contributed by atoms with Gasteiger partial charge in [-0.25, -0.2) is 8.42 Å². The van der Waals surface area contributed by atoms with Crippen molar-refractivity contribution in [3.63, 3.8) is 0 Å². The van der Waals surface area contributed by atoms with E-state index in [0.717, 1.165) is 47.9 Å². The van der Waals surface area contributed by atoms with Crippen LogP contribution in [0.1, 0.15) is 10.4 Å². The highest BCUT2D eigenvalue weighted by Crippen LogP contribution is 2.20. The number of carbonyl (C=O) groups is 2. The molecule has 1 aliphatic rings. The molecule has 0 unspecified atom stereocenters. The fourth-order valence-electron chi connectivity index (χ4n) is 3.18. The van der Waals surface area contributed by atoms with Gasteiger partial charge in [-0.3, -0.25) is 9.59 Å². The molecule has 11 heteroatoms. The van der Waals surface area contributed by atoms with Crippen molar-refractivity contribution in [3.8, 4) is 0 Å². The first-order chi connectivity index (χ1) is 15.2. The minimum Gasteiger partial charge on any atom is -0.378 e. The van der Waals surface area contributed by atoms with Crippen molar-refractivity contribution in [2.75, 3.05) is 50.1 Å². The van der Waals surface area contributed by atoms with Gasteiger partial charge in [0.05, 0.1) is 24.7 Å². The van der Waals surface area contributed by atoms with Crippen LogP contribution in [0, 0.1) is 0 Å². The number of hydrogen-bond donors (Lipinski definition) is 1. The van der Waals surface area contributed by atoms with E-state index in [1.807, 2.05) is 12.1 Å². The standard InChI is InChI=1S/C21H23F2N3O5S/c1-25(20(28)15-2-8-18(9-3-15)32(29,30)21(22)23)14-19(27)24-16-4-6-17(7-5-16)26-10-12-31-13-11-26/h2-9,21H,10-14H2,1H3,(H,24,27). The lowest BCUT2D eigenvalue weighted by Crippen LogP contribution is -2.36. The average molecular weight is 467 g/mol. The van der Waals surface area contributed by atoms with Crippen LogP contribution in [-0.4, -0.2) is 70.8 Å². The Balaban J connectivity index is 1.56. The van der Waals surface area contributed by atoms with Crippen LogP contribution in [0.4, 0.5) is 20.2 Å². The molecule has 32 heavy (non-hydrogen) atoms. The van der Waals surface area contributed by atoms with Gasteiger partial charge in [0, 0.05) is 37.1 Å². The molecule has 0 atom stereocenters. The minimum atomic E-state index is -4.74. The number of nitrogens with zero attached hydrogens (tertiary/aromatic N) is 2. The quantitative estimate of drug-likeness (QED) is 0.671. The second kappa shape index (κ2) is 10.0. The maximum atomic E-state index is 12.6. The molecule has 0 saturated carbocycles. The smallest absolute Gasteiger partial charge is 0.341 e. The minimum absolute atomic E-state index is 0.0726. The summed E-state index contributed by atoms with van der Waals surface area (Å²) in [6.07, 6.45) is 0. The third kappa shape index (κ3) is 5.60. The molecule has 0 bridgehead atoms. The second-order valence-electron chi connectivity index (χ2n) is 7.19. The SMILES string of the molecule is CN(CC(=O)Nc1ccc(N2CCOCC2)cc1)C(=O)c1ccc(S(=O)(=O)C(F)F)cc1. The number of anilines is 2. The van der Waals surface area contributed by atoms with Crippen LogP contribution < -0.4 is 10.2 Å². The van der Waals surface area contributed by atoms with E-state index < -0.39 is 32.3 Å². The van der Waals surface area contributed by atoms with E-state index in [2.05, 4.69) is 10.2 Å². The fraction of sp³-hybridized carbons (Fsp3) is 0.333. The number of ether oxygens (including phenoxy) is 1. The van der Waals surface area contributed by atoms with Crippen LogP contribution in [0.3, 0.4) is 0 Å². The predicted molar refractivity (Wildman–Crippen MR) is 115 cm³/mol. The van der Waals surface area contributed by atoms with Crippen molar-refractivity contribution >= 4 is 33.0 Å². The van der Waals surface area contributed by atoms with E-state index in [4.69, 9.17) is 4.74 Å². The number of nitrogens with one attached hydrogen (secondary N) is 1. The largest absolute Gasteiger partial charge is 0.378 e. The zero-order valence-electron chi connectivity index (χ0n) is 17.3. The molecular weight excluding hydrogens is 444 g/mol.